The molecule has 8 heteroatoms. The van der Waals surface area contributed by atoms with Crippen LogP contribution < -0.4 is 15.0 Å². The van der Waals surface area contributed by atoms with E-state index < -0.39 is 17.8 Å². The number of anilines is 1. The van der Waals surface area contributed by atoms with Gasteiger partial charge in [0.2, 0.25) is 0 Å². The third kappa shape index (κ3) is 4.74. The zero-order valence-electron chi connectivity index (χ0n) is 16.5. The number of urea groups is 1. The van der Waals surface area contributed by atoms with Crippen LogP contribution in [-0.4, -0.2) is 17.8 Å². The van der Waals surface area contributed by atoms with E-state index in [9.17, 15) is 14.4 Å². The van der Waals surface area contributed by atoms with Gasteiger partial charge in [-0.1, -0.05) is 48.0 Å². The summed E-state index contributed by atoms with van der Waals surface area (Å²) in [6, 6.07) is 20.2. The van der Waals surface area contributed by atoms with Crippen LogP contribution in [0.2, 0.25) is 5.02 Å². The van der Waals surface area contributed by atoms with Gasteiger partial charge in [-0.2, -0.15) is 0 Å². The van der Waals surface area contributed by atoms with Crippen molar-refractivity contribution in [3.8, 4) is 5.75 Å². The largest absolute Gasteiger partial charge is 0.488 e. The molecule has 3 aromatic carbocycles. The summed E-state index contributed by atoms with van der Waals surface area (Å²) >= 11 is 9.46. The molecule has 3 aromatic rings. The fourth-order valence-corrected chi connectivity index (χ4v) is 3.87. The average Bonchev–Trinajstić information content (AvgIpc) is 2.77. The van der Waals surface area contributed by atoms with Crippen molar-refractivity contribution in [2.45, 2.75) is 6.61 Å². The van der Waals surface area contributed by atoms with Gasteiger partial charge in [0, 0.05) is 5.02 Å². The summed E-state index contributed by atoms with van der Waals surface area (Å²) < 4.78 is 6.48. The molecule has 6 nitrogen and oxygen atoms in total. The van der Waals surface area contributed by atoms with E-state index in [4.69, 9.17) is 16.3 Å². The van der Waals surface area contributed by atoms with E-state index in [0.717, 1.165) is 10.5 Å². The summed E-state index contributed by atoms with van der Waals surface area (Å²) in [6.45, 7) is 0.328. The first-order chi connectivity index (χ1) is 15.4. The van der Waals surface area contributed by atoms with E-state index in [2.05, 4.69) is 21.2 Å². The lowest BCUT2D eigenvalue weighted by atomic mass is 10.1. The number of ether oxygens (including phenoxy) is 1. The number of nitrogens with zero attached hydrogens (tertiary/aromatic N) is 1. The minimum absolute atomic E-state index is 0.145. The van der Waals surface area contributed by atoms with Gasteiger partial charge < -0.3 is 4.74 Å². The monoisotopic (exact) mass is 510 g/mol. The van der Waals surface area contributed by atoms with Gasteiger partial charge in [0.25, 0.3) is 11.8 Å². The number of benzene rings is 3. The lowest BCUT2D eigenvalue weighted by Gasteiger charge is -2.26. The SMILES string of the molecule is O=C1NC(=O)N(c2ccccc2)C(=O)/C1=C/c1ccc(OCc2cccc(Cl)c2)c(Br)c1. The summed E-state index contributed by atoms with van der Waals surface area (Å²) in [5.74, 6) is -0.848. The third-order valence-corrected chi connectivity index (χ3v) is 5.52. The number of para-hydroxylation sites is 1. The quantitative estimate of drug-likeness (QED) is 0.370. The summed E-state index contributed by atoms with van der Waals surface area (Å²) in [7, 11) is 0. The summed E-state index contributed by atoms with van der Waals surface area (Å²) in [5, 5.41) is 2.84. The van der Waals surface area contributed by atoms with Gasteiger partial charge in [-0.3, -0.25) is 14.9 Å². The minimum atomic E-state index is -0.783. The number of nitrogens with one attached hydrogen (secondary N) is 1. The van der Waals surface area contributed by atoms with Crippen molar-refractivity contribution in [3.05, 3.63) is 99.0 Å². The molecule has 1 saturated heterocycles. The second-order valence-electron chi connectivity index (χ2n) is 6.90. The molecule has 1 N–H and O–H groups in total. The number of hydrogen-bond donors (Lipinski definition) is 1. The predicted octanol–water partition coefficient (Wildman–Crippen LogP) is 5.35. The number of imide groups is 2. The summed E-state index contributed by atoms with van der Waals surface area (Å²) in [4.78, 5) is 38.4. The molecule has 0 aliphatic carbocycles. The first-order valence-corrected chi connectivity index (χ1v) is 10.7. The van der Waals surface area contributed by atoms with Gasteiger partial charge in [0.1, 0.15) is 17.9 Å². The molecule has 0 bridgehead atoms. The third-order valence-electron chi connectivity index (χ3n) is 4.67. The van der Waals surface area contributed by atoms with Crippen molar-refractivity contribution in [3.63, 3.8) is 0 Å². The average molecular weight is 512 g/mol. The minimum Gasteiger partial charge on any atom is -0.488 e. The van der Waals surface area contributed by atoms with Crippen molar-refractivity contribution in [2.75, 3.05) is 4.90 Å². The maximum absolute atomic E-state index is 12.9. The fraction of sp³-hybridized carbons (Fsp3) is 0.0417. The zero-order valence-corrected chi connectivity index (χ0v) is 18.9. The van der Waals surface area contributed by atoms with Gasteiger partial charge >= 0.3 is 6.03 Å². The molecular formula is C24H16BrClN2O4. The highest BCUT2D eigenvalue weighted by Gasteiger charge is 2.36. The van der Waals surface area contributed by atoms with Crippen LogP contribution in [0.15, 0.2) is 82.8 Å². The van der Waals surface area contributed by atoms with Crippen molar-refractivity contribution >= 4 is 57.1 Å². The number of halogens is 2. The van der Waals surface area contributed by atoms with Crippen molar-refractivity contribution in [1.29, 1.82) is 0 Å². The maximum Gasteiger partial charge on any atom is 0.335 e. The van der Waals surface area contributed by atoms with Crippen LogP contribution in [0.25, 0.3) is 6.08 Å². The number of carbonyl (C=O) groups is 3. The van der Waals surface area contributed by atoms with Crippen molar-refractivity contribution in [1.82, 2.24) is 5.32 Å². The molecule has 4 rings (SSSR count). The van der Waals surface area contributed by atoms with E-state index >= 15 is 0 Å². The maximum atomic E-state index is 12.9. The lowest BCUT2D eigenvalue weighted by molar-refractivity contribution is -0.122. The highest BCUT2D eigenvalue weighted by molar-refractivity contribution is 9.10. The normalized spacial score (nSPS) is 15.1. The van der Waals surface area contributed by atoms with E-state index in [1.807, 2.05) is 18.2 Å². The van der Waals surface area contributed by atoms with E-state index in [1.165, 1.54) is 6.08 Å². The Labute approximate surface area is 197 Å². The van der Waals surface area contributed by atoms with Crippen LogP contribution in [0.5, 0.6) is 5.75 Å². The molecule has 32 heavy (non-hydrogen) atoms. The molecule has 1 aliphatic rings. The van der Waals surface area contributed by atoms with Gasteiger partial charge in [0.15, 0.2) is 0 Å². The Morgan fingerprint density at radius 2 is 1.75 bits per heavy atom. The number of rotatable bonds is 5. The highest BCUT2D eigenvalue weighted by Crippen LogP contribution is 2.29. The van der Waals surface area contributed by atoms with Gasteiger partial charge in [-0.15, -0.1) is 0 Å². The van der Waals surface area contributed by atoms with Gasteiger partial charge in [0.05, 0.1) is 10.2 Å². The number of amides is 4. The Kier molecular flexibility index (Phi) is 6.39. The molecule has 4 amide bonds. The lowest BCUT2D eigenvalue weighted by Crippen LogP contribution is -2.54. The second-order valence-corrected chi connectivity index (χ2v) is 8.19. The number of barbiturate groups is 1. The Morgan fingerprint density at radius 1 is 0.969 bits per heavy atom. The molecular weight excluding hydrogens is 496 g/mol. The van der Waals surface area contributed by atoms with Crippen LogP contribution in [0.3, 0.4) is 0 Å². The molecule has 1 fully saturated rings. The van der Waals surface area contributed by atoms with Crippen LogP contribution >= 0.6 is 27.5 Å². The standard InChI is InChI=1S/C24H16BrClN2O4/c25-20-13-15(9-10-21(20)32-14-16-5-4-6-17(26)11-16)12-19-22(29)27-24(31)28(23(19)30)18-7-2-1-3-8-18/h1-13H,14H2,(H,27,29,31)/b19-12+. The molecule has 0 spiro atoms. The second kappa shape index (κ2) is 9.38. The van der Waals surface area contributed by atoms with Crippen LogP contribution in [-0.2, 0) is 16.2 Å². The van der Waals surface area contributed by atoms with Crippen LogP contribution in [0, 0.1) is 0 Å². The molecule has 1 aliphatic heterocycles. The molecule has 0 saturated carbocycles. The van der Waals surface area contributed by atoms with Crippen LogP contribution in [0.1, 0.15) is 11.1 Å². The van der Waals surface area contributed by atoms with Crippen LogP contribution in [0.4, 0.5) is 10.5 Å². The molecule has 160 valence electrons. The van der Waals surface area contributed by atoms with Crippen molar-refractivity contribution in [2.24, 2.45) is 0 Å². The smallest absolute Gasteiger partial charge is 0.335 e. The van der Waals surface area contributed by atoms with E-state index in [-0.39, 0.29) is 5.57 Å². The molecule has 1 heterocycles. The van der Waals surface area contributed by atoms with E-state index in [1.54, 1.807) is 54.6 Å². The first kappa shape index (κ1) is 21.8. The highest BCUT2D eigenvalue weighted by atomic mass is 79.9. The van der Waals surface area contributed by atoms with Gasteiger partial charge in [-0.05, 0) is 69.5 Å². The van der Waals surface area contributed by atoms with Gasteiger partial charge in [-0.25, -0.2) is 9.69 Å². The molecule has 0 radical (unpaired) electrons. The molecule has 0 atom stereocenters. The number of carbonyl (C=O) groups excluding carboxylic acids is 3. The molecule has 0 aromatic heterocycles. The fourth-order valence-electron chi connectivity index (χ4n) is 3.15. The first-order valence-electron chi connectivity index (χ1n) is 9.55. The number of hydrogen-bond acceptors (Lipinski definition) is 4. The Morgan fingerprint density at radius 3 is 2.47 bits per heavy atom. The summed E-state index contributed by atoms with van der Waals surface area (Å²) in [6.07, 6.45) is 1.44. The van der Waals surface area contributed by atoms with E-state index in [0.29, 0.717) is 33.1 Å². The Balaban J connectivity index is 1.56. The Hall–Kier alpha value is -3.42. The topological polar surface area (TPSA) is 75.7 Å². The molecule has 0 unspecified atom stereocenters. The Bertz CT molecular complexity index is 1240. The summed E-state index contributed by atoms with van der Waals surface area (Å²) in [5.41, 5.74) is 1.74. The zero-order chi connectivity index (χ0) is 22.7. The van der Waals surface area contributed by atoms with Crippen molar-refractivity contribution < 1.29 is 19.1 Å². The predicted molar refractivity (Wildman–Crippen MR) is 125 cm³/mol.